The first-order valence-corrected chi connectivity index (χ1v) is 10.8. The molecule has 0 bridgehead atoms. The first-order valence-electron chi connectivity index (χ1n) is 10.4. The van der Waals surface area contributed by atoms with Gasteiger partial charge in [0.2, 0.25) is 0 Å². The fourth-order valence-corrected chi connectivity index (χ4v) is 3.11. The van der Waals surface area contributed by atoms with E-state index in [4.69, 9.17) is 21.1 Å². The SMILES string of the molecule is CCOc1cc(C=NNc2ccccc2)c(Cl)cc1OCC(=O)NCCc1ccccc1. The van der Waals surface area contributed by atoms with E-state index in [0.29, 0.717) is 35.2 Å². The van der Waals surface area contributed by atoms with E-state index in [-0.39, 0.29) is 12.5 Å². The second-order valence-electron chi connectivity index (χ2n) is 6.86. The van der Waals surface area contributed by atoms with Gasteiger partial charge in [-0.25, -0.2) is 0 Å². The van der Waals surface area contributed by atoms with Crippen LogP contribution in [0.15, 0.2) is 77.9 Å². The molecule has 6 nitrogen and oxygen atoms in total. The number of para-hydroxylation sites is 1. The van der Waals surface area contributed by atoms with E-state index in [1.807, 2.05) is 67.6 Å². The fourth-order valence-electron chi connectivity index (χ4n) is 2.91. The van der Waals surface area contributed by atoms with Crippen LogP contribution < -0.4 is 20.2 Å². The highest BCUT2D eigenvalue weighted by Gasteiger charge is 2.12. The van der Waals surface area contributed by atoms with E-state index in [1.54, 1.807) is 18.3 Å². The Morgan fingerprint density at radius 2 is 1.69 bits per heavy atom. The molecule has 0 aliphatic carbocycles. The highest BCUT2D eigenvalue weighted by molar-refractivity contribution is 6.33. The summed E-state index contributed by atoms with van der Waals surface area (Å²) < 4.78 is 11.4. The Morgan fingerprint density at radius 1 is 1.00 bits per heavy atom. The topological polar surface area (TPSA) is 71.9 Å². The summed E-state index contributed by atoms with van der Waals surface area (Å²) in [5.74, 6) is 0.690. The van der Waals surface area contributed by atoms with Gasteiger partial charge in [0.1, 0.15) is 0 Å². The Hall–Kier alpha value is -3.51. The molecule has 0 heterocycles. The van der Waals surface area contributed by atoms with Gasteiger partial charge in [-0.05, 0) is 37.1 Å². The van der Waals surface area contributed by atoms with Crippen LogP contribution in [0.5, 0.6) is 11.5 Å². The molecule has 3 aromatic carbocycles. The number of anilines is 1. The van der Waals surface area contributed by atoms with E-state index in [1.165, 1.54) is 0 Å². The summed E-state index contributed by atoms with van der Waals surface area (Å²) in [6.07, 6.45) is 2.37. The Balaban J connectivity index is 1.56. The Labute approximate surface area is 193 Å². The molecule has 0 unspecified atom stereocenters. The van der Waals surface area contributed by atoms with Crippen molar-refractivity contribution in [2.24, 2.45) is 5.10 Å². The smallest absolute Gasteiger partial charge is 0.257 e. The normalized spacial score (nSPS) is 10.7. The van der Waals surface area contributed by atoms with Crippen LogP contribution in [0.2, 0.25) is 5.02 Å². The molecule has 3 aromatic rings. The Kier molecular flexibility index (Phi) is 8.95. The van der Waals surface area contributed by atoms with Crippen LogP contribution in [-0.2, 0) is 11.2 Å². The minimum absolute atomic E-state index is 0.131. The monoisotopic (exact) mass is 451 g/mol. The molecular formula is C25H26ClN3O3. The lowest BCUT2D eigenvalue weighted by atomic mass is 10.1. The Morgan fingerprint density at radius 3 is 2.41 bits per heavy atom. The second-order valence-corrected chi connectivity index (χ2v) is 7.27. The third-order valence-corrected chi connectivity index (χ3v) is 4.80. The third kappa shape index (κ3) is 7.32. The molecule has 32 heavy (non-hydrogen) atoms. The number of ether oxygens (including phenoxy) is 2. The lowest BCUT2D eigenvalue weighted by Gasteiger charge is -2.14. The van der Waals surface area contributed by atoms with Crippen molar-refractivity contribution < 1.29 is 14.3 Å². The molecule has 0 aromatic heterocycles. The van der Waals surface area contributed by atoms with Crippen molar-refractivity contribution in [3.05, 3.63) is 88.9 Å². The maximum atomic E-state index is 12.2. The number of carbonyl (C=O) groups is 1. The van der Waals surface area contributed by atoms with Gasteiger partial charge < -0.3 is 14.8 Å². The number of carbonyl (C=O) groups excluding carboxylic acids is 1. The van der Waals surface area contributed by atoms with Crippen molar-refractivity contribution in [2.45, 2.75) is 13.3 Å². The number of hydrogen-bond acceptors (Lipinski definition) is 5. The molecule has 0 saturated heterocycles. The molecule has 3 rings (SSSR count). The van der Waals surface area contributed by atoms with Gasteiger partial charge >= 0.3 is 0 Å². The van der Waals surface area contributed by atoms with Crippen molar-refractivity contribution in [1.29, 1.82) is 0 Å². The molecule has 0 aliphatic heterocycles. The van der Waals surface area contributed by atoms with Crippen LogP contribution in [-0.4, -0.2) is 31.9 Å². The fraction of sp³-hybridized carbons (Fsp3) is 0.200. The average Bonchev–Trinajstić information content (AvgIpc) is 2.81. The molecule has 166 valence electrons. The van der Waals surface area contributed by atoms with Crippen LogP contribution in [0, 0.1) is 0 Å². The zero-order valence-electron chi connectivity index (χ0n) is 17.9. The molecular weight excluding hydrogens is 426 g/mol. The maximum absolute atomic E-state index is 12.2. The number of benzene rings is 3. The van der Waals surface area contributed by atoms with E-state index in [9.17, 15) is 4.79 Å². The third-order valence-electron chi connectivity index (χ3n) is 4.47. The molecule has 0 radical (unpaired) electrons. The van der Waals surface area contributed by atoms with Crippen LogP contribution in [0.25, 0.3) is 0 Å². The predicted molar refractivity (Wildman–Crippen MR) is 129 cm³/mol. The van der Waals surface area contributed by atoms with Gasteiger partial charge in [0, 0.05) is 18.2 Å². The van der Waals surface area contributed by atoms with E-state index >= 15 is 0 Å². The molecule has 2 N–H and O–H groups in total. The second kappa shape index (κ2) is 12.4. The molecule has 7 heteroatoms. The lowest BCUT2D eigenvalue weighted by Crippen LogP contribution is -2.30. The molecule has 0 fully saturated rings. The molecule has 1 amide bonds. The van der Waals surface area contributed by atoms with Crippen LogP contribution in [0.3, 0.4) is 0 Å². The quantitative estimate of drug-likeness (QED) is 0.320. The van der Waals surface area contributed by atoms with Gasteiger partial charge in [-0.15, -0.1) is 0 Å². The first kappa shape index (κ1) is 23.2. The van der Waals surface area contributed by atoms with Gasteiger partial charge in [0.25, 0.3) is 5.91 Å². The van der Waals surface area contributed by atoms with Crippen LogP contribution in [0.1, 0.15) is 18.1 Å². The Bertz CT molecular complexity index is 1030. The average molecular weight is 452 g/mol. The number of halogens is 1. The highest BCUT2D eigenvalue weighted by Crippen LogP contribution is 2.33. The molecule has 0 aliphatic rings. The van der Waals surface area contributed by atoms with Crippen molar-refractivity contribution in [3.63, 3.8) is 0 Å². The summed E-state index contributed by atoms with van der Waals surface area (Å²) in [4.78, 5) is 12.2. The highest BCUT2D eigenvalue weighted by atomic mass is 35.5. The number of nitrogens with one attached hydrogen (secondary N) is 2. The van der Waals surface area contributed by atoms with Gasteiger partial charge in [-0.1, -0.05) is 60.1 Å². The summed E-state index contributed by atoms with van der Waals surface area (Å²) in [6.45, 7) is 2.72. The van der Waals surface area contributed by atoms with Crippen LogP contribution >= 0.6 is 11.6 Å². The minimum atomic E-state index is -0.211. The first-order chi connectivity index (χ1) is 15.7. The zero-order chi connectivity index (χ0) is 22.6. The largest absolute Gasteiger partial charge is 0.490 e. The van der Waals surface area contributed by atoms with Gasteiger partial charge in [-0.3, -0.25) is 10.2 Å². The molecule has 0 saturated carbocycles. The standard InChI is InChI=1S/C25H26ClN3O3/c1-2-31-23-15-20(17-28-29-21-11-7-4-8-12-21)22(26)16-24(23)32-18-25(30)27-14-13-19-9-5-3-6-10-19/h3-12,15-17,29H,2,13-14,18H2,1H3,(H,27,30). The van der Waals surface area contributed by atoms with Crippen molar-refractivity contribution in [2.75, 3.05) is 25.2 Å². The van der Waals surface area contributed by atoms with Crippen molar-refractivity contribution >= 4 is 29.4 Å². The predicted octanol–water partition coefficient (Wildman–Crippen LogP) is 4.92. The summed E-state index contributed by atoms with van der Waals surface area (Å²) >= 11 is 6.39. The number of nitrogens with zero attached hydrogens (tertiary/aromatic N) is 1. The molecule has 0 atom stereocenters. The van der Waals surface area contributed by atoms with Gasteiger partial charge in [-0.2, -0.15) is 5.10 Å². The summed E-state index contributed by atoms with van der Waals surface area (Å²) in [5, 5.41) is 7.51. The van der Waals surface area contributed by atoms with Crippen molar-refractivity contribution in [3.8, 4) is 11.5 Å². The van der Waals surface area contributed by atoms with Gasteiger partial charge in [0.05, 0.1) is 23.5 Å². The number of hydrogen-bond donors (Lipinski definition) is 2. The van der Waals surface area contributed by atoms with Crippen LogP contribution in [0.4, 0.5) is 5.69 Å². The number of amides is 1. The summed E-state index contributed by atoms with van der Waals surface area (Å²) in [7, 11) is 0. The van der Waals surface area contributed by atoms with E-state index < -0.39 is 0 Å². The number of rotatable bonds is 11. The maximum Gasteiger partial charge on any atom is 0.257 e. The molecule has 0 spiro atoms. The summed E-state index contributed by atoms with van der Waals surface area (Å²) in [5.41, 5.74) is 5.64. The lowest BCUT2D eigenvalue weighted by molar-refractivity contribution is -0.123. The minimum Gasteiger partial charge on any atom is -0.490 e. The summed E-state index contributed by atoms with van der Waals surface area (Å²) in [6, 6.07) is 22.9. The van der Waals surface area contributed by atoms with Gasteiger partial charge in [0.15, 0.2) is 18.1 Å². The van der Waals surface area contributed by atoms with E-state index in [0.717, 1.165) is 17.7 Å². The zero-order valence-corrected chi connectivity index (χ0v) is 18.6. The number of hydrazone groups is 1. The van der Waals surface area contributed by atoms with Crippen molar-refractivity contribution in [1.82, 2.24) is 5.32 Å². The van der Waals surface area contributed by atoms with E-state index in [2.05, 4.69) is 15.8 Å².